The number of hydrogen-bond donors (Lipinski definition) is 1. The molecule has 0 aliphatic rings. The minimum absolute atomic E-state index is 0.00593. The molecule has 202 valence electrons. The zero-order valence-corrected chi connectivity index (χ0v) is 23.4. The fourth-order valence-electron chi connectivity index (χ4n) is 4.12. The number of carbonyl (C=O) groups excluding carboxylic acids is 2. The van der Waals surface area contributed by atoms with E-state index in [9.17, 15) is 18.0 Å². The molecule has 0 aliphatic heterocycles. The number of anilines is 1. The van der Waals surface area contributed by atoms with Crippen molar-refractivity contribution in [2.24, 2.45) is 0 Å². The number of aryl methyl sites for hydroxylation is 1. The van der Waals surface area contributed by atoms with E-state index >= 15 is 0 Å². The number of rotatable bonds is 11. The topological polar surface area (TPSA) is 96.0 Å². The van der Waals surface area contributed by atoms with Gasteiger partial charge >= 0.3 is 0 Å². The van der Waals surface area contributed by atoms with E-state index in [0.29, 0.717) is 16.3 Å². The largest absolute Gasteiger partial charge is 0.495 e. The van der Waals surface area contributed by atoms with Crippen LogP contribution in [0.15, 0.2) is 72.8 Å². The summed E-state index contributed by atoms with van der Waals surface area (Å²) in [5, 5.41) is 3.08. The summed E-state index contributed by atoms with van der Waals surface area (Å²) in [5.74, 6) is -0.643. The number of hydrogen-bond acceptors (Lipinski definition) is 5. The lowest BCUT2D eigenvalue weighted by Gasteiger charge is -2.33. The monoisotopic (exact) mass is 557 g/mol. The van der Waals surface area contributed by atoms with Gasteiger partial charge in [0.2, 0.25) is 21.8 Å². The highest BCUT2D eigenvalue weighted by Crippen LogP contribution is 2.31. The lowest BCUT2D eigenvalue weighted by atomic mass is 10.0. The first kappa shape index (κ1) is 29.0. The van der Waals surface area contributed by atoms with Crippen molar-refractivity contribution < 1.29 is 22.7 Å². The van der Waals surface area contributed by atoms with Crippen LogP contribution in [0.5, 0.6) is 5.75 Å². The third-order valence-electron chi connectivity index (χ3n) is 6.10. The number of methoxy groups -OCH3 is 1. The summed E-state index contributed by atoms with van der Waals surface area (Å²) in [6, 6.07) is 20.5. The molecule has 0 spiro atoms. The summed E-state index contributed by atoms with van der Waals surface area (Å²) in [4.78, 5) is 28.5. The standard InChI is InChI=1S/C28H32ClN3O5S/c1-20-14-15-26(37-3)24(16-20)32(38(4,35)36)19-27(33)31(18-22-12-8-9-13-23(22)29)25(28(34)30-2)17-21-10-6-5-7-11-21/h5-16,25H,17-19H2,1-4H3,(H,30,34)/t25-/m1/s1. The van der Waals surface area contributed by atoms with Crippen LogP contribution in [0.4, 0.5) is 5.69 Å². The number of halogens is 1. The first-order valence-electron chi connectivity index (χ1n) is 12.0. The van der Waals surface area contributed by atoms with E-state index in [-0.39, 0.29) is 24.6 Å². The van der Waals surface area contributed by atoms with E-state index in [1.165, 1.54) is 19.1 Å². The molecule has 10 heteroatoms. The normalized spacial score (nSPS) is 11.9. The van der Waals surface area contributed by atoms with Gasteiger partial charge in [-0.2, -0.15) is 0 Å². The number of benzene rings is 3. The molecule has 8 nitrogen and oxygen atoms in total. The maximum atomic E-state index is 14.0. The smallest absolute Gasteiger partial charge is 0.244 e. The summed E-state index contributed by atoms with van der Waals surface area (Å²) in [6.45, 7) is 1.29. The molecule has 3 rings (SSSR count). The molecule has 3 aromatic rings. The molecular weight excluding hydrogens is 526 g/mol. The number of sulfonamides is 1. The Morgan fingerprint density at radius 2 is 1.68 bits per heavy atom. The van der Waals surface area contributed by atoms with Crippen molar-refractivity contribution in [2.45, 2.75) is 25.9 Å². The third kappa shape index (κ3) is 7.26. The van der Waals surface area contributed by atoms with Gasteiger partial charge in [-0.15, -0.1) is 0 Å². The van der Waals surface area contributed by atoms with Crippen molar-refractivity contribution in [3.63, 3.8) is 0 Å². The summed E-state index contributed by atoms with van der Waals surface area (Å²) in [6.07, 6.45) is 1.25. The SMILES string of the molecule is CNC(=O)[C@@H](Cc1ccccc1)N(Cc1ccccc1Cl)C(=O)CN(c1cc(C)ccc1OC)S(C)(=O)=O. The second kappa shape index (κ2) is 12.8. The van der Waals surface area contributed by atoms with E-state index in [1.807, 2.05) is 37.3 Å². The molecule has 0 saturated heterocycles. The van der Waals surface area contributed by atoms with Crippen molar-refractivity contribution in [1.82, 2.24) is 10.2 Å². The van der Waals surface area contributed by atoms with Crippen molar-refractivity contribution >= 4 is 39.1 Å². The average Bonchev–Trinajstić information content (AvgIpc) is 2.89. The van der Waals surface area contributed by atoms with Crippen LogP contribution in [0.25, 0.3) is 0 Å². The van der Waals surface area contributed by atoms with Gasteiger partial charge < -0.3 is 15.0 Å². The number of likely N-dealkylation sites (N-methyl/N-ethyl adjacent to an activating group) is 1. The number of carbonyl (C=O) groups is 2. The number of amides is 2. The van der Waals surface area contributed by atoms with E-state index in [2.05, 4.69) is 5.32 Å². The number of ether oxygens (including phenoxy) is 1. The van der Waals surface area contributed by atoms with Crippen LogP contribution < -0.4 is 14.4 Å². The molecule has 0 radical (unpaired) electrons. The third-order valence-corrected chi connectivity index (χ3v) is 7.59. The van der Waals surface area contributed by atoms with Crippen LogP contribution in [0, 0.1) is 6.92 Å². The first-order chi connectivity index (χ1) is 18.0. The molecule has 3 aromatic carbocycles. The number of nitrogens with zero attached hydrogens (tertiary/aromatic N) is 2. The van der Waals surface area contributed by atoms with Gasteiger partial charge in [-0.3, -0.25) is 13.9 Å². The molecule has 0 bridgehead atoms. The number of nitrogens with one attached hydrogen (secondary N) is 1. The van der Waals surface area contributed by atoms with Gasteiger partial charge in [-0.05, 0) is 41.8 Å². The molecule has 1 atom stereocenters. The Balaban J connectivity index is 2.08. The highest BCUT2D eigenvalue weighted by molar-refractivity contribution is 7.92. The predicted octanol–water partition coefficient (Wildman–Crippen LogP) is 3.81. The maximum Gasteiger partial charge on any atom is 0.244 e. The molecule has 0 unspecified atom stereocenters. The zero-order valence-electron chi connectivity index (χ0n) is 21.8. The molecule has 2 amide bonds. The van der Waals surface area contributed by atoms with E-state index in [1.54, 1.807) is 42.5 Å². The Morgan fingerprint density at radius 3 is 2.29 bits per heavy atom. The average molecular weight is 558 g/mol. The highest BCUT2D eigenvalue weighted by Gasteiger charge is 2.33. The quantitative estimate of drug-likeness (QED) is 0.387. The van der Waals surface area contributed by atoms with Gasteiger partial charge in [0.25, 0.3) is 0 Å². The van der Waals surface area contributed by atoms with E-state index in [0.717, 1.165) is 21.7 Å². The van der Waals surface area contributed by atoms with Crippen molar-refractivity contribution in [2.75, 3.05) is 31.3 Å². The van der Waals surface area contributed by atoms with E-state index < -0.39 is 28.5 Å². The van der Waals surface area contributed by atoms with Gasteiger partial charge in [0.1, 0.15) is 18.3 Å². The van der Waals surface area contributed by atoms with Gasteiger partial charge in [-0.1, -0.05) is 66.2 Å². The first-order valence-corrected chi connectivity index (χ1v) is 14.2. The summed E-state index contributed by atoms with van der Waals surface area (Å²) in [7, 11) is -0.977. The highest BCUT2D eigenvalue weighted by atomic mass is 35.5. The second-order valence-electron chi connectivity index (χ2n) is 8.88. The molecule has 0 aliphatic carbocycles. The Morgan fingerprint density at radius 1 is 1.03 bits per heavy atom. The molecule has 0 heterocycles. The van der Waals surface area contributed by atoms with Crippen LogP contribution in [0.3, 0.4) is 0 Å². The lowest BCUT2D eigenvalue weighted by Crippen LogP contribution is -2.53. The van der Waals surface area contributed by atoms with Crippen LogP contribution >= 0.6 is 11.6 Å². The molecule has 38 heavy (non-hydrogen) atoms. The van der Waals surface area contributed by atoms with Crippen molar-refractivity contribution in [3.8, 4) is 5.75 Å². The van der Waals surface area contributed by atoms with Crippen molar-refractivity contribution in [1.29, 1.82) is 0 Å². The van der Waals surface area contributed by atoms with Gasteiger partial charge in [0.15, 0.2) is 0 Å². The van der Waals surface area contributed by atoms with Crippen LogP contribution in [-0.2, 0) is 32.6 Å². The Kier molecular flexibility index (Phi) is 9.77. The zero-order chi connectivity index (χ0) is 27.9. The van der Waals surface area contributed by atoms with Gasteiger partial charge in [0, 0.05) is 25.0 Å². The van der Waals surface area contributed by atoms with Crippen LogP contribution in [0.1, 0.15) is 16.7 Å². The van der Waals surface area contributed by atoms with Crippen LogP contribution in [0.2, 0.25) is 5.02 Å². The molecule has 0 fully saturated rings. The Hall–Kier alpha value is -3.56. The lowest BCUT2D eigenvalue weighted by molar-refractivity contribution is -0.139. The minimum Gasteiger partial charge on any atom is -0.495 e. The second-order valence-corrected chi connectivity index (χ2v) is 11.2. The summed E-state index contributed by atoms with van der Waals surface area (Å²) < 4.78 is 32.3. The van der Waals surface area contributed by atoms with Gasteiger partial charge in [0.05, 0.1) is 19.1 Å². The molecule has 0 aromatic heterocycles. The van der Waals surface area contributed by atoms with Gasteiger partial charge in [-0.25, -0.2) is 8.42 Å². The molecule has 0 saturated carbocycles. The summed E-state index contributed by atoms with van der Waals surface area (Å²) >= 11 is 6.42. The molecular formula is C28H32ClN3O5S. The predicted molar refractivity (Wildman–Crippen MR) is 150 cm³/mol. The summed E-state index contributed by atoms with van der Waals surface area (Å²) in [5.41, 5.74) is 2.50. The van der Waals surface area contributed by atoms with Crippen molar-refractivity contribution in [3.05, 3.63) is 94.5 Å². The Labute approximate surface area is 229 Å². The minimum atomic E-state index is -3.91. The fraction of sp³-hybridized carbons (Fsp3) is 0.286. The Bertz CT molecular complexity index is 1380. The maximum absolute atomic E-state index is 14.0. The van der Waals surface area contributed by atoms with Crippen LogP contribution in [-0.4, -0.2) is 58.1 Å². The molecule has 1 N–H and O–H groups in total. The fourth-order valence-corrected chi connectivity index (χ4v) is 5.16. The van der Waals surface area contributed by atoms with E-state index in [4.69, 9.17) is 16.3 Å².